The van der Waals surface area contributed by atoms with Crippen LogP contribution in [0.4, 0.5) is 0 Å². The van der Waals surface area contributed by atoms with Gasteiger partial charge in [0.15, 0.2) is 17.4 Å². The number of aliphatic hydroxyl groups excluding tert-OH is 1. The molecule has 0 aromatic carbocycles. The maximum atomic E-state index is 12.0. The zero-order chi connectivity index (χ0) is 20.8. The third kappa shape index (κ3) is 6.72. The van der Waals surface area contributed by atoms with Crippen LogP contribution in [0.15, 0.2) is 12.7 Å². The lowest BCUT2D eigenvalue weighted by molar-refractivity contribution is -0.185. The number of carbonyl (C=O) groups is 1. The SMILES string of the molecule is C=CC(=O)OC(CC)(CCC[SiH](C)O[Si](C)(C)C)C(O)(CO)[Si](C)(C)C. The van der Waals surface area contributed by atoms with Crippen molar-refractivity contribution >= 4 is 31.4 Å². The summed E-state index contributed by atoms with van der Waals surface area (Å²) in [6, 6.07) is 0.949. The van der Waals surface area contributed by atoms with Crippen molar-refractivity contribution in [2.75, 3.05) is 6.61 Å². The summed E-state index contributed by atoms with van der Waals surface area (Å²) in [5.41, 5.74) is -1.11. The monoisotopic (exact) mass is 420 g/mol. The average Bonchev–Trinajstić information content (AvgIpc) is 2.49. The van der Waals surface area contributed by atoms with E-state index in [4.69, 9.17) is 8.85 Å². The molecule has 0 fully saturated rings. The van der Waals surface area contributed by atoms with Gasteiger partial charge in [-0.25, -0.2) is 4.79 Å². The Morgan fingerprint density at radius 3 is 2.12 bits per heavy atom. The van der Waals surface area contributed by atoms with Crippen molar-refractivity contribution in [2.45, 2.75) is 88.9 Å². The van der Waals surface area contributed by atoms with Gasteiger partial charge in [0.05, 0.1) is 14.7 Å². The third-order valence-electron chi connectivity index (χ3n) is 5.00. The Kier molecular flexibility index (Phi) is 9.69. The second kappa shape index (κ2) is 9.79. The number of esters is 1. The van der Waals surface area contributed by atoms with Crippen LogP contribution in [0.5, 0.6) is 0 Å². The molecule has 3 atom stereocenters. The molecule has 0 aromatic rings. The van der Waals surface area contributed by atoms with E-state index < -0.39 is 48.8 Å². The first-order valence-corrected chi connectivity index (χ1v) is 18.9. The molecule has 5 nitrogen and oxygen atoms in total. The van der Waals surface area contributed by atoms with E-state index in [9.17, 15) is 15.0 Å². The van der Waals surface area contributed by atoms with Crippen LogP contribution in [0, 0.1) is 0 Å². The first-order valence-electron chi connectivity index (χ1n) is 9.54. The molecule has 0 aromatic heterocycles. The Morgan fingerprint density at radius 1 is 1.23 bits per heavy atom. The minimum Gasteiger partial charge on any atom is -0.458 e. The van der Waals surface area contributed by atoms with Gasteiger partial charge in [-0.3, -0.25) is 0 Å². The summed E-state index contributed by atoms with van der Waals surface area (Å²) in [4.78, 5) is 12.0. The quantitative estimate of drug-likeness (QED) is 0.287. The molecule has 3 unspecified atom stereocenters. The summed E-state index contributed by atoms with van der Waals surface area (Å²) in [5, 5.41) is 20.1. The van der Waals surface area contributed by atoms with Crippen molar-refractivity contribution in [2.24, 2.45) is 0 Å². The normalized spacial score (nSPS) is 18.5. The maximum absolute atomic E-state index is 12.0. The first kappa shape index (κ1) is 25.7. The number of rotatable bonds is 12. The minimum atomic E-state index is -2.28. The highest BCUT2D eigenvalue weighted by molar-refractivity contribution is 6.79. The van der Waals surface area contributed by atoms with E-state index in [1.165, 1.54) is 0 Å². The molecule has 8 heteroatoms. The molecule has 0 bridgehead atoms. The molecule has 0 radical (unpaired) electrons. The molecule has 0 saturated carbocycles. The van der Waals surface area contributed by atoms with Gasteiger partial charge in [0.25, 0.3) is 0 Å². The van der Waals surface area contributed by atoms with E-state index in [1.54, 1.807) is 0 Å². The molecule has 2 N–H and O–H groups in total. The van der Waals surface area contributed by atoms with Gasteiger partial charge in [0, 0.05) is 6.08 Å². The van der Waals surface area contributed by atoms with E-state index in [0.717, 1.165) is 18.5 Å². The molecule has 0 aliphatic heterocycles. The van der Waals surface area contributed by atoms with Gasteiger partial charge in [-0.2, -0.15) is 0 Å². The number of carbonyl (C=O) groups excluding carboxylic acids is 1. The van der Waals surface area contributed by atoms with Gasteiger partial charge < -0.3 is 19.1 Å². The van der Waals surface area contributed by atoms with E-state index in [0.29, 0.717) is 12.8 Å². The molecule has 0 aliphatic carbocycles. The Morgan fingerprint density at radius 2 is 1.77 bits per heavy atom. The minimum absolute atomic E-state index is 0.417. The highest BCUT2D eigenvalue weighted by Crippen LogP contribution is 2.41. The van der Waals surface area contributed by atoms with E-state index in [1.807, 2.05) is 26.6 Å². The topological polar surface area (TPSA) is 76.0 Å². The van der Waals surface area contributed by atoms with Crippen molar-refractivity contribution in [1.29, 1.82) is 0 Å². The summed E-state index contributed by atoms with van der Waals surface area (Å²) in [5.74, 6) is -0.555. The Bertz CT molecular complexity index is 472. The van der Waals surface area contributed by atoms with Gasteiger partial charge in [-0.15, -0.1) is 0 Å². The van der Waals surface area contributed by atoms with Crippen LogP contribution in [0.3, 0.4) is 0 Å². The van der Waals surface area contributed by atoms with Crippen LogP contribution in [-0.4, -0.2) is 59.0 Å². The highest BCUT2D eigenvalue weighted by Gasteiger charge is 2.58. The van der Waals surface area contributed by atoms with Crippen molar-refractivity contribution in [1.82, 2.24) is 0 Å². The molecular weight excluding hydrogens is 380 g/mol. The highest BCUT2D eigenvalue weighted by atomic mass is 28.4. The molecule has 0 heterocycles. The molecule has 0 rings (SSSR count). The van der Waals surface area contributed by atoms with Crippen LogP contribution in [0.1, 0.15) is 26.2 Å². The van der Waals surface area contributed by atoms with Crippen LogP contribution in [-0.2, 0) is 13.6 Å². The van der Waals surface area contributed by atoms with Crippen LogP contribution < -0.4 is 0 Å². The number of aliphatic hydroxyl groups is 2. The van der Waals surface area contributed by atoms with Crippen LogP contribution in [0.25, 0.3) is 0 Å². The molecule has 154 valence electrons. The first-order chi connectivity index (χ1) is 11.7. The van der Waals surface area contributed by atoms with Crippen molar-refractivity contribution in [3.63, 3.8) is 0 Å². The summed E-state index contributed by atoms with van der Waals surface area (Å²) in [6.45, 7) is 19.7. The van der Waals surface area contributed by atoms with Crippen molar-refractivity contribution in [3.8, 4) is 0 Å². The lowest BCUT2D eigenvalue weighted by Gasteiger charge is -2.51. The Labute approximate surface area is 163 Å². The second-order valence-corrected chi connectivity index (χ2v) is 21.9. The Balaban J connectivity index is 5.53. The fraction of sp³-hybridized carbons (Fsp3) is 0.833. The molecule has 0 saturated heterocycles. The van der Waals surface area contributed by atoms with Crippen LogP contribution >= 0.6 is 0 Å². The second-order valence-electron chi connectivity index (χ2n) is 9.17. The van der Waals surface area contributed by atoms with Crippen molar-refractivity contribution in [3.05, 3.63) is 12.7 Å². The largest absolute Gasteiger partial charge is 0.458 e. The predicted molar refractivity (Wildman–Crippen MR) is 116 cm³/mol. The van der Waals surface area contributed by atoms with E-state index in [-0.39, 0.29) is 0 Å². The average molecular weight is 421 g/mol. The lowest BCUT2D eigenvalue weighted by Crippen LogP contribution is -2.70. The summed E-state index contributed by atoms with van der Waals surface area (Å²) in [7, 11) is -5.14. The van der Waals surface area contributed by atoms with E-state index in [2.05, 4.69) is 32.8 Å². The molecular formula is C18H40O5Si3. The molecule has 0 amide bonds. The zero-order valence-electron chi connectivity index (χ0n) is 18.0. The number of ether oxygens (including phenoxy) is 1. The van der Waals surface area contributed by atoms with Gasteiger partial charge in [0.1, 0.15) is 10.8 Å². The summed E-state index contributed by atoms with van der Waals surface area (Å²) < 4.78 is 12.0. The zero-order valence-corrected chi connectivity index (χ0v) is 21.2. The van der Waals surface area contributed by atoms with Gasteiger partial charge in [0.2, 0.25) is 0 Å². The number of hydrogen-bond donors (Lipinski definition) is 2. The summed E-state index contributed by atoms with van der Waals surface area (Å²) >= 11 is 0. The van der Waals surface area contributed by atoms with Gasteiger partial charge in [-0.1, -0.05) is 33.1 Å². The van der Waals surface area contributed by atoms with Gasteiger partial charge >= 0.3 is 5.97 Å². The van der Waals surface area contributed by atoms with Gasteiger partial charge in [-0.05, 0) is 51.5 Å². The third-order valence-corrected chi connectivity index (χ3v) is 13.8. The summed E-state index contributed by atoms with van der Waals surface area (Å²) in [6.07, 6.45) is 2.87. The Hall–Kier alpha value is -0.259. The maximum Gasteiger partial charge on any atom is 0.330 e. The lowest BCUT2D eigenvalue weighted by atomic mass is 9.87. The molecule has 26 heavy (non-hydrogen) atoms. The fourth-order valence-electron chi connectivity index (χ4n) is 3.52. The molecule has 0 spiro atoms. The fourth-order valence-corrected chi connectivity index (χ4v) is 11.8. The van der Waals surface area contributed by atoms with E-state index >= 15 is 0 Å². The van der Waals surface area contributed by atoms with Crippen molar-refractivity contribution < 1.29 is 23.9 Å². The number of hydrogen-bond acceptors (Lipinski definition) is 5. The standard InChI is InChI=1S/C18H40O5Si3/c1-10-16(20)22-17(11-2,18(21,15-19)25(4,5)6)13-12-14-24(3)23-26(7,8)9/h10,19,21,24H,1,11-15H2,2-9H3. The smallest absolute Gasteiger partial charge is 0.330 e. The van der Waals surface area contributed by atoms with Crippen LogP contribution in [0.2, 0.25) is 51.9 Å². The predicted octanol–water partition coefficient (Wildman–Crippen LogP) is 3.45. The molecule has 0 aliphatic rings.